The Bertz CT molecular complexity index is 1200. The van der Waals surface area contributed by atoms with E-state index in [9.17, 15) is 4.79 Å². The van der Waals surface area contributed by atoms with Crippen LogP contribution in [0.1, 0.15) is 29.9 Å². The van der Waals surface area contributed by atoms with Crippen molar-refractivity contribution in [2.45, 2.75) is 20.4 Å². The quantitative estimate of drug-likeness (QED) is 0.500. The number of imidazole rings is 1. The van der Waals surface area contributed by atoms with Crippen molar-refractivity contribution in [1.29, 1.82) is 0 Å². The molecule has 0 unspecified atom stereocenters. The third-order valence-corrected chi connectivity index (χ3v) is 5.42. The van der Waals surface area contributed by atoms with Gasteiger partial charge in [-0.3, -0.25) is 9.48 Å². The number of fused-ring (bicyclic) bond motifs is 1. The van der Waals surface area contributed by atoms with Gasteiger partial charge in [-0.05, 0) is 50.2 Å². The maximum absolute atomic E-state index is 12.1. The van der Waals surface area contributed by atoms with E-state index < -0.39 is 0 Å². The number of rotatable bonds is 7. The molecule has 0 atom stereocenters. The van der Waals surface area contributed by atoms with Gasteiger partial charge in [-0.2, -0.15) is 5.10 Å². The summed E-state index contributed by atoms with van der Waals surface area (Å²) < 4.78 is 3.91. The maximum Gasteiger partial charge on any atom is 0.251 e. The number of nitrogens with one attached hydrogen (secondary N) is 1. The van der Waals surface area contributed by atoms with Crippen molar-refractivity contribution in [2.24, 2.45) is 7.05 Å². The Labute approximate surface area is 181 Å². The summed E-state index contributed by atoms with van der Waals surface area (Å²) in [5.41, 5.74) is 4.15. The Kier molecular flexibility index (Phi) is 5.70. The molecule has 3 aromatic heterocycles. The van der Waals surface area contributed by atoms with E-state index in [1.165, 1.54) is 0 Å². The van der Waals surface area contributed by atoms with Gasteiger partial charge in [-0.25, -0.2) is 9.97 Å². The van der Waals surface area contributed by atoms with Gasteiger partial charge in [0, 0.05) is 50.7 Å². The molecule has 0 saturated carbocycles. The van der Waals surface area contributed by atoms with E-state index in [-0.39, 0.29) is 5.91 Å². The second kappa shape index (κ2) is 8.59. The van der Waals surface area contributed by atoms with Gasteiger partial charge in [0.05, 0.1) is 23.3 Å². The first-order valence-corrected chi connectivity index (χ1v) is 10.5. The summed E-state index contributed by atoms with van der Waals surface area (Å²) in [5, 5.41) is 7.20. The molecule has 0 saturated heterocycles. The molecule has 0 aliphatic rings. The molecule has 3 heterocycles. The molecule has 0 spiro atoms. The predicted octanol–water partition coefficient (Wildman–Crippen LogP) is 3.09. The van der Waals surface area contributed by atoms with Gasteiger partial charge < -0.3 is 14.8 Å². The number of aryl methyl sites for hydroxylation is 1. The van der Waals surface area contributed by atoms with Crippen LogP contribution in [0, 0.1) is 0 Å². The minimum atomic E-state index is -0.132. The lowest BCUT2D eigenvalue weighted by molar-refractivity contribution is 0.0963. The van der Waals surface area contributed by atoms with E-state index in [1.54, 1.807) is 11.7 Å². The number of carbonyl (C=O) groups excluding carboxylic acids is 1. The van der Waals surface area contributed by atoms with E-state index in [4.69, 9.17) is 4.98 Å². The number of pyridine rings is 1. The zero-order valence-corrected chi connectivity index (χ0v) is 18.3. The third-order valence-electron chi connectivity index (χ3n) is 5.42. The molecule has 0 aliphatic carbocycles. The molecule has 1 amide bonds. The summed E-state index contributed by atoms with van der Waals surface area (Å²) in [6.07, 6.45) is 3.79. The minimum absolute atomic E-state index is 0.132. The Morgan fingerprint density at radius 2 is 1.94 bits per heavy atom. The first-order valence-electron chi connectivity index (χ1n) is 10.5. The summed E-state index contributed by atoms with van der Waals surface area (Å²) in [4.78, 5) is 23.8. The van der Waals surface area contributed by atoms with Gasteiger partial charge in [0.15, 0.2) is 0 Å². The molecular weight excluding hydrogens is 390 g/mol. The molecule has 8 heteroatoms. The third kappa shape index (κ3) is 4.01. The van der Waals surface area contributed by atoms with Crippen molar-refractivity contribution in [2.75, 3.05) is 25.0 Å². The number of anilines is 1. The number of hydrogen-bond acceptors (Lipinski definition) is 5. The van der Waals surface area contributed by atoms with Gasteiger partial charge >= 0.3 is 0 Å². The van der Waals surface area contributed by atoms with Crippen LogP contribution in [0.3, 0.4) is 0 Å². The largest absolute Gasteiger partial charge is 0.357 e. The first kappa shape index (κ1) is 20.6. The molecule has 4 rings (SSSR count). The number of benzene rings is 1. The van der Waals surface area contributed by atoms with Crippen LogP contribution < -0.4 is 10.2 Å². The Hall–Kier alpha value is -3.68. The molecule has 1 aromatic carbocycles. The van der Waals surface area contributed by atoms with Crippen molar-refractivity contribution in [1.82, 2.24) is 29.6 Å². The fraction of sp³-hybridized carbons (Fsp3) is 0.304. The number of aromatic nitrogens is 5. The van der Waals surface area contributed by atoms with E-state index in [0.29, 0.717) is 12.1 Å². The van der Waals surface area contributed by atoms with Crippen molar-refractivity contribution in [3.05, 3.63) is 60.0 Å². The van der Waals surface area contributed by atoms with Crippen molar-refractivity contribution in [3.8, 4) is 11.4 Å². The highest BCUT2D eigenvalue weighted by Crippen LogP contribution is 2.27. The Morgan fingerprint density at radius 3 is 2.55 bits per heavy atom. The van der Waals surface area contributed by atoms with E-state index >= 15 is 0 Å². The molecule has 31 heavy (non-hydrogen) atoms. The zero-order chi connectivity index (χ0) is 22.0. The summed E-state index contributed by atoms with van der Waals surface area (Å²) in [5.74, 6) is 1.62. The first-order chi connectivity index (χ1) is 15.0. The van der Waals surface area contributed by atoms with Gasteiger partial charge in [0.25, 0.3) is 5.91 Å². The molecule has 4 aromatic rings. The smallest absolute Gasteiger partial charge is 0.251 e. The Balaban J connectivity index is 1.82. The van der Waals surface area contributed by atoms with Crippen molar-refractivity contribution < 1.29 is 4.79 Å². The highest BCUT2D eigenvalue weighted by atomic mass is 16.1. The number of nitrogens with zero attached hydrogens (tertiary/aromatic N) is 6. The van der Waals surface area contributed by atoms with E-state index in [0.717, 1.165) is 47.0 Å². The monoisotopic (exact) mass is 417 g/mol. The lowest BCUT2D eigenvalue weighted by atomic mass is 10.2. The van der Waals surface area contributed by atoms with Crippen LogP contribution in [0.15, 0.2) is 48.8 Å². The summed E-state index contributed by atoms with van der Waals surface area (Å²) in [7, 11) is 3.53. The molecule has 160 valence electrons. The minimum Gasteiger partial charge on any atom is -0.357 e. The highest BCUT2D eigenvalue weighted by molar-refractivity contribution is 5.97. The van der Waals surface area contributed by atoms with Crippen molar-refractivity contribution in [3.63, 3.8) is 0 Å². The molecular formula is C23H27N7O. The number of amides is 1. The molecule has 8 nitrogen and oxygen atoms in total. The van der Waals surface area contributed by atoms with Crippen LogP contribution in [-0.4, -0.2) is 50.4 Å². The second-order valence-corrected chi connectivity index (χ2v) is 7.36. The Morgan fingerprint density at radius 1 is 1.13 bits per heavy atom. The van der Waals surface area contributed by atoms with Crippen LogP contribution in [0.5, 0.6) is 0 Å². The lowest BCUT2D eigenvalue weighted by Gasteiger charge is -2.19. The van der Waals surface area contributed by atoms with Gasteiger partial charge in [-0.1, -0.05) is 0 Å². The molecule has 0 aliphatic heterocycles. The second-order valence-electron chi connectivity index (χ2n) is 7.36. The molecule has 0 fully saturated rings. The van der Waals surface area contributed by atoms with Crippen LogP contribution in [-0.2, 0) is 13.6 Å². The highest BCUT2D eigenvalue weighted by Gasteiger charge is 2.16. The van der Waals surface area contributed by atoms with E-state index in [1.807, 2.05) is 49.8 Å². The zero-order valence-electron chi connectivity index (χ0n) is 18.3. The molecule has 0 radical (unpaired) electrons. The standard InChI is InChI=1S/C23H27N7O/c1-5-29(6-2)21-10-8-17(14-25-21)22-26-19-13-16(23(31)24-3)7-9-20(19)30(22)15-18-11-12-28(4)27-18/h7-14H,5-6,15H2,1-4H3,(H,24,31). The van der Waals surface area contributed by atoms with Gasteiger partial charge in [0.2, 0.25) is 0 Å². The maximum atomic E-state index is 12.1. The molecule has 1 N–H and O–H groups in total. The van der Waals surface area contributed by atoms with Gasteiger partial charge in [-0.15, -0.1) is 0 Å². The van der Waals surface area contributed by atoms with Crippen LogP contribution >= 0.6 is 0 Å². The lowest BCUT2D eigenvalue weighted by Crippen LogP contribution is -2.22. The SMILES string of the molecule is CCN(CC)c1ccc(-c2nc3cc(C(=O)NC)ccc3n2Cc2ccn(C)n2)cn1. The fourth-order valence-corrected chi connectivity index (χ4v) is 3.76. The average Bonchev–Trinajstić information content (AvgIpc) is 3.37. The van der Waals surface area contributed by atoms with E-state index in [2.05, 4.69) is 44.8 Å². The fourth-order valence-electron chi connectivity index (χ4n) is 3.76. The van der Waals surface area contributed by atoms with Crippen LogP contribution in [0.2, 0.25) is 0 Å². The molecule has 0 bridgehead atoms. The van der Waals surface area contributed by atoms with Crippen molar-refractivity contribution >= 4 is 22.8 Å². The number of hydrogen-bond donors (Lipinski definition) is 1. The summed E-state index contributed by atoms with van der Waals surface area (Å²) in [6, 6.07) is 11.7. The predicted molar refractivity (Wildman–Crippen MR) is 122 cm³/mol. The normalized spacial score (nSPS) is 11.1. The van der Waals surface area contributed by atoms with Gasteiger partial charge in [0.1, 0.15) is 11.6 Å². The topological polar surface area (TPSA) is 80.9 Å². The average molecular weight is 418 g/mol. The summed E-state index contributed by atoms with van der Waals surface area (Å²) in [6.45, 7) is 6.63. The van der Waals surface area contributed by atoms with Crippen LogP contribution in [0.4, 0.5) is 5.82 Å². The van der Waals surface area contributed by atoms with Crippen LogP contribution in [0.25, 0.3) is 22.4 Å². The summed E-state index contributed by atoms with van der Waals surface area (Å²) >= 11 is 0. The number of carbonyl (C=O) groups is 1.